The smallest absolute Gasteiger partial charge is 0.265 e. The average Bonchev–Trinajstić information content (AvgIpc) is 3.00. The van der Waals surface area contributed by atoms with Crippen molar-refractivity contribution in [2.45, 2.75) is 6.92 Å². The lowest BCUT2D eigenvalue weighted by Crippen LogP contribution is -2.14. The maximum absolute atomic E-state index is 12.6. The second-order valence-corrected chi connectivity index (χ2v) is 6.28. The molecule has 0 atom stereocenters. The van der Waals surface area contributed by atoms with Crippen LogP contribution in [-0.4, -0.2) is 18.9 Å². The summed E-state index contributed by atoms with van der Waals surface area (Å²) in [4.78, 5) is 24.5. The lowest BCUT2D eigenvalue weighted by atomic mass is 10.2. The van der Waals surface area contributed by atoms with Gasteiger partial charge in [-0.2, -0.15) is 0 Å². The van der Waals surface area contributed by atoms with Crippen LogP contribution in [0.5, 0.6) is 5.75 Å². The van der Waals surface area contributed by atoms with E-state index in [4.69, 9.17) is 4.74 Å². The molecule has 0 aliphatic heterocycles. The van der Waals surface area contributed by atoms with Gasteiger partial charge in [0.1, 0.15) is 5.75 Å². The molecule has 3 aromatic rings. The molecule has 5 nitrogen and oxygen atoms in total. The van der Waals surface area contributed by atoms with E-state index in [0.29, 0.717) is 22.0 Å². The van der Waals surface area contributed by atoms with Crippen LogP contribution < -0.4 is 15.4 Å². The highest BCUT2D eigenvalue weighted by Gasteiger charge is 2.14. The molecular weight excluding hydrogens is 324 g/mol. The molecule has 0 spiro atoms. The van der Waals surface area contributed by atoms with Crippen molar-refractivity contribution in [3.8, 4) is 5.75 Å². The van der Waals surface area contributed by atoms with E-state index in [9.17, 15) is 9.59 Å². The largest absolute Gasteiger partial charge is 0.497 e. The molecule has 0 aliphatic rings. The average molecular weight is 340 g/mol. The van der Waals surface area contributed by atoms with E-state index in [2.05, 4.69) is 10.6 Å². The number of thiophene rings is 1. The van der Waals surface area contributed by atoms with E-state index >= 15 is 0 Å². The summed E-state index contributed by atoms with van der Waals surface area (Å²) in [5.74, 6) is 0.157. The van der Waals surface area contributed by atoms with Gasteiger partial charge in [-0.25, -0.2) is 0 Å². The van der Waals surface area contributed by atoms with Crippen LogP contribution in [0.15, 0.2) is 48.5 Å². The van der Waals surface area contributed by atoms with Crippen molar-refractivity contribution in [2.24, 2.45) is 0 Å². The van der Waals surface area contributed by atoms with Crippen molar-refractivity contribution in [1.29, 1.82) is 0 Å². The summed E-state index contributed by atoms with van der Waals surface area (Å²) in [6.45, 7) is 1.42. The Hall–Kier alpha value is -2.86. The van der Waals surface area contributed by atoms with Gasteiger partial charge in [-0.15, -0.1) is 11.3 Å². The quantitative estimate of drug-likeness (QED) is 0.751. The van der Waals surface area contributed by atoms with Crippen molar-refractivity contribution in [1.82, 2.24) is 0 Å². The minimum absolute atomic E-state index is 0.211. The molecule has 0 unspecified atom stereocenters. The summed E-state index contributed by atoms with van der Waals surface area (Å²) >= 11 is 1.42. The van der Waals surface area contributed by atoms with Gasteiger partial charge in [-0.3, -0.25) is 9.59 Å². The molecular formula is C18H16N2O3S. The summed E-state index contributed by atoms with van der Waals surface area (Å²) in [5, 5.41) is 6.58. The Bertz CT molecular complexity index is 885. The van der Waals surface area contributed by atoms with Crippen LogP contribution in [-0.2, 0) is 4.79 Å². The molecule has 3 rings (SSSR count). The van der Waals surface area contributed by atoms with E-state index in [1.165, 1.54) is 18.3 Å². The number of benzene rings is 2. The third-order valence-corrected chi connectivity index (χ3v) is 4.55. The summed E-state index contributed by atoms with van der Waals surface area (Å²) < 4.78 is 6.24. The first-order valence-electron chi connectivity index (χ1n) is 7.32. The lowest BCUT2D eigenvalue weighted by Gasteiger charge is -2.12. The Balaban J connectivity index is 1.90. The van der Waals surface area contributed by atoms with Gasteiger partial charge in [-0.1, -0.05) is 18.2 Å². The van der Waals surface area contributed by atoms with Crippen molar-refractivity contribution in [3.63, 3.8) is 0 Å². The van der Waals surface area contributed by atoms with E-state index in [1.54, 1.807) is 25.3 Å². The van der Waals surface area contributed by atoms with Crippen LogP contribution in [0.4, 0.5) is 11.4 Å². The number of carbonyl (C=O) groups is 2. The zero-order chi connectivity index (χ0) is 17.1. The number of anilines is 2. The van der Waals surface area contributed by atoms with Gasteiger partial charge in [0.25, 0.3) is 5.91 Å². The van der Waals surface area contributed by atoms with Crippen molar-refractivity contribution in [3.05, 3.63) is 53.4 Å². The first-order chi connectivity index (χ1) is 11.6. The number of fused-ring (bicyclic) bond motifs is 1. The molecule has 0 bridgehead atoms. The zero-order valence-corrected chi connectivity index (χ0v) is 14.1. The summed E-state index contributed by atoms with van der Waals surface area (Å²) in [6, 6.07) is 14.8. The summed E-state index contributed by atoms with van der Waals surface area (Å²) in [5.41, 5.74) is 1.02. The second kappa shape index (κ2) is 6.72. The SMILES string of the molecule is COc1ccc(NC(C)=O)c(NC(=O)c2cc3ccccc3s2)c1. The maximum Gasteiger partial charge on any atom is 0.265 e. The molecule has 0 aliphatic carbocycles. The zero-order valence-electron chi connectivity index (χ0n) is 13.3. The Morgan fingerprint density at radius 2 is 1.79 bits per heavy atom. The van der Waals surface area contributed by atoms with Gasteiger partial charge in [0.05, 0.1) is 23.4 Å². The maximum atomic E-state index is 12.6. The molecule has 2 N–H and O–H groups in total. The van der Waals surface area contributed by atoms with Crippen LogP contribution in [0.25, 0.3) is 10.1 Å². The predicted molar refractivity (Wildman–Crippen MR) is 97.1 cm³/mol. The molecule has 1 aromatic heterocycles. The number of ether oxygens (including phenoxy) is 1. The Morgan fingerprint density at radius 1 is 1.00 bits per heavy atom. The van der Waals surface area contributed by atoms with Crippen LogP contribution >= 0.6 is 11.3 Å². The Morgan fingerprint density at radius 3 is 2.50 bits per heavy atom. The predicted octanol–water partition coefficient (Wildman–Crippen LogP) is 4.12. The van der Waals surface area contributed by atoms with Crippen LogP contribution in [0.1, 0.15) is 16.6 Å². The van der Waals surface area contributed by atoms with E-state index in [-0.39, 0.29) is 11.8 Å². The minimum atomic E-state index is -0.226. The number of amides is 2. The number of nitrogens with one attached hydrogen (secondary N) is 2. The number of methoxy groups -OCH3 is 1. The molecule has 1 heterocycles. The molecule has 2 amide bonds. The number of carbonyl (C=O) groups excluding carboxylic acids is 2. The highest BCUT2D eigenvalue weighted by Crippen LogP contribution is 2.30. The van der Waals surface area contributed by atoms with Gasteiger partial charge in [0.2, 0.25) is 5.91 Å². The van der Waals surface area contributed by atoms with Crippen molar-refractivity contribution in [2.75, 3.05) is 17.7 Å². The monoisotopic (exact) mass is 340 g/mol. The fraction of sp³-hybridized carbons (Fsp3) is 0.111. The third-order valence-electron chi connectivity index (χ3n) is 3.43. The van der Waals surface area contributed by atoms with E-state index in [0.717, 1.165) is 10.1 Å². The molecule has 0 radical (unpaired) electrons. The van der Waals surface area contributed by atoms with Crippen LogP contribution in [0, 0.1) is 0 Å². The first kappa shape index (κ1) is 16.0. The normalized spacial score (nSPS) is 10.4. The molecule has 122 valence electrons. The van der Waals surface area contributed by atoms with Gasteiger partial charge in [-0.05, 0) is 29.7 Å². The first-order valence-corrected chi connectivity index (χ1v) is 8.14. The fourth-order valence-corrected chi connectivity index (χ4v) is 3.29. The second-order valence-electron chi connectivity index (χ2n) is 5.20. The van der Waals surface area contributed by atoms with Gasteiger partial charge in [0, 0.05) is 17.7 Å². The lowest BCUT2D eigenvalue weighted by molar-refractivity contribution is -0.114. The molecule has 0 saturated heterocycles. The van der Waals surface area contributed by atoms with Crippen LogP contribution in [0.2, 0.25) is 0 Å². The molecule has 0 saturated carbocycles. The topological polar surface area (TPSA) is 67.4 Å². The number of rotatable bonds is 4. The molecule has 6 heteroatoms. The third kappa shape index (κ3) is 3.38. The molecule has 24 heavy (non-hydrogen) atoms. The van der Waals surface area contributed by atoms with Crippen LogP contribution in [0.3, 0.4) is 0 Å². The Kier molecular flexibility index (Phi) is 4.48. The highest BCUT2D eigenvalue weighted by atomic mass is 32.1. The fourth-order valence-electron chi connectivity index (χ4n) is 2.33. The van der Waals surface area contributed by atoms with E-state index in [1.807, 2.05) is 30.3 Å². The Labute approximate surface area is 143 Å². The van der Waals surface area contributed by atoms with Crippen molar-refractivity contribution >= 4 is 44.6 Å². The number of hydrogen-bond acceptors (Lipinski definition) is 4. The van der Waals surface area contributed by atoms with Crippen molar-refractivity contribution < 1.29 is 14.3 Å². The van der Waals surface area contributed by atoms with Gasteiger partial charge >= 0.3 is 0 Å². The standard InChI is InChI=1S/C18H16N2O3S/c1-11(21)19-14-8-7-13(23-2)10-15(14)20-18(22)17-9-12-5-3-4-6-16(12)24-17/h3-10H,1-2H3,(H,19,21)(H,20,22). The van der Waals surface area contributed by atoms with Gasteiger partial charge < -0.3 is 15.4 Å². The summed E-state index contributed by atoms with van der Waals surface area (Å²) in [6.07, 6.45) is 0. The highest BCUT2D eigenvalue weighted by molar-refractivity contribution is 7.20. The molecule has 2 aromatic carbocycles. The number of hydrogen-bond donors (Lipinski definition) is 2. The summed E-state index contributed by atoms with van der Waals surface area (Å²) in [7, 11) is 1.55. The van der Waals surface area contributed by atoms with Gasteiger partial charge in [0.15, 0.2) is 0 Å². The minimum Gasteiger partial charge on any atom is -0.497 e. The van der Waals surface area contributed by atoms with E-state index < -0.39 is 0 Å². The molecule has 0 fully saturated rings.